The van der Waals surface area contributed by atoms with Crippen molar-refractivity contribution < 1.29 is 4.79 Å². The van der Waals surface area contributed by atoms with E-state index in [-0.39, 0.29) is 0 Å². The summed E-state index contributed by atoms with van der Waals surface area (Å²) in [5.74, 6) is 0. The molecule has 0 aliphatic heterocycles. The summed E-state index contributed by atoms with van der Waals surface area (Å²) in [5, 5.41) is 7.97. The molecule has 0 spiro atoms. The van der Waals surface area contributed by atoms with Gasteiger partial charge >= 0.3 is 0 Å². The zero-order valence-corrected chi connectivity index (χ0v) is 10.8. The normalized spacial score (nSPS) is 10.6. The Kier molecular flexibility index (Phi) is 3.87. The third kappa shape index (κ3) is 2.64. The standard InChI is InChI=1S/C14H17N3O/c1-3-4-14-13(10-18)15-16-17(14)9-12-7-5-11(2)6-8-12/h5-8,10H,3-4,9H2,1-2H3. The van der Waals surface area contributed by atoms with Gasteiger partial charge in [-0.25, -0.2) is 4.68 Å². The van der Waals surface area contributed by atoms with Gasteiger partial charge in [0.25, 0.3) is 0 Å². The van der Waals surface area contributed by atoms with E-state index in [2.05, 4.69) is 48.4 Å². The zero-order chi connectivity index (χ0) is 13.0. The van der Waals surface area contributed by atoms with Crippen LogP contribution in [0.1, 0.15) is 40.7 Å². The molecule has 0 amide bonds. The predicted molar refractivity (Wildman–Crippen MR) is 69.7 cm³/mol. The fraction of sp³-hybridized carbons (Fsp3) is 0.357. The van der Waals surface area contributed by atoms with Crippen molar-refractivity contribution in [2.75, 3.05) is 0 Å². The van der Waals surface area contributed by atoms with Crippen molar-refractivity contribution in [2.45, 2.75) is 33.2 Å². The summed E-state index contributed by atoms with van der Waals surface area (Å²) < 4.78 is 1.82. The second kappa shape index (κ2) is 5.58. The first-order chi connectivity index (χ1) is 8.74. The van der Waals surface area contributed by atoms with Crippen LogP contribution in [0.2, 0.25) is 0 Å². The van der Waals surface area contributed by atoms with Gasteiger partial charge in [-0.15, -0.1) is 5.10 Å². The van der Waals surface area contributed by atoms with Gasteiger partial charge in [0, 0.05) is 0 Å². The SMILES string of the molecule is CCCc1c(C=O)nnn1Cc1ccc(C)cc1. The van der Waals surface area contributed by atoms with Crippen LogP contribution in [0.15, 0.2) is 24.3 Å². The highest BCUT2D eigenvalue weighted by Crippen LogP contribution is 2.10. The molecule has 4 heteroatoms. The minimum absolute atomic E-state index is 0.462. The van der Waals surface area contributed by atoms with Crippen LogP contribution in [0.4, 0.5) is 0 Å². The van der Waals surface area contributed by atoms with Gasteiger partial charge in [-0.2, -0.15) is 0 Å². The lowest BCUT2D eigenvalue weighted by Crippen LogP contribution is -2.07. The zero-order valence-electron chi connectivity index (χ0n) is 10.8. The number of carbonyl (C=O) groups is 1. The minimum Gasteiger partial charge on any atom is -0.296 e. The van der Waals surface area contributed by atoms with Crippen LogP contribution in [0.3, 0.4) is 0 Å². The number of hydrogen-bond donors (Lipinski definition) is 0. The summed E-state index contributed by atoms with van der Waals surface area (Å²) in [6.07, 6.45) is 2.58. The molecule has 2 rings (SSSR count). The van der Waals surface area contributed by atoms with Gasteiger partial charge in [-0.3, -0.25) is 4.79 Å². The van der Waals surface area contributed by atoms with Crippen LogP contribution in [-0.2, 0) is 13.0 Å². The van der Waals surface area contributed by atoms with Crippen molar-refractivity contribution in [2.24, 2.45) is 0 Å². The second-order valence-corrected chi connectivity index (χ2v) is 4.43. The second-order valence-electron chi connectivity index (χ2n) is 4.43. The van der Waals surface area contributed by atoms with Gasteiger partial charge in [-0.05, 0) is 18.9 Å². The Morgan fingerprint density at radius 2 is 2.00 bits per heavy atom. The number of aryl methyl sites for hydroxylation is 1. The fourth-order valence-electron chi connectivity index (χ4n) is 1.93. The molecule has 1 aromatic heterocycles. The third-order valence-corrected chi connectivity index (χ3v) is 2.92. The first-order valence-electron chi connectivity index (χ1n) is 6.17. The summed E-state index contributed by atoms with van der Waals surface area (Å²) in [6, 6.07) is 8.30. The van der Waals surface area contributed by atoms with Gasteiger partial charge in [-0.1, -0.05) is 48.4 Å². The molecule has 4 nitrogen and oxygen atoms in total. The molecule has 1 heterocycles. The highest BCUT2D eigenvalue weighted by molar-refractivity contribution is 5.73. The van der Waals surface area contributed by atoms with Crippen LogP contribution < -0.4 is 0 Å². The van der Waals surface area contributed by atoms with Crippen LogP contribution >= 0.6 is 0 Å². The van der Waals surface area contributed by atoms with E-state index in [9.17, 15) is 4.79 Å². The van der Waals surface area contributed by atoms with Gasteiger partial charge in [0.15, 0.2) is 6.29 Å². The van der Waals surface area contributed by atoms with Crippen molar-refractivity contribution in [1.29, 1.82) is 0 Å². The molecule has 0 unspecified atom stereocenters. The van der Waals surface area contributed by atoms with E-state index in [4.69, 9.17) is 0 Å². The Morgan fingerprint density at radius 1 is 1.28 bits per heavy atom. The van der Waals surface area contributed by atoms with Crippen molar-refractivity contribution in [3.05, 3.63) is 46.8 Å². The maximum atomic E-state index is 10.9. The molecule has 94 valence electrons. The molecular weight excluding hydrogens is 226 g/mol. The Morgan fingerprint density at radius 3 is 2.61 bits per heavy atom. The summed E-state index contributed by atoms with van der Waals surface area (Å²) in [6.45, 7) is 4.81. The third-order valence-electron chi connectivity index (χ3n) is 2.92. The fourth-order valence-corrected chi connectivity index (χ4v) is 1.93. The molecule has 0 saturated heterocycles. The minimum atomic E-state index is 0.462. The number of nitrogens with zero attached hydrogens (tertiary/aromatic N) is 3. The average Bonchev–Trinajstić information content (AvgIpc) is 2.75. The summed E-state index contributed by atoms with van der Waals surface area (Å²) in [7, 11) is 0. The highest BCUT2D eigenvalue weighted by atomic mass is 16.1. The Labute approximate surface area is 107 Å². The number of benzene rings is 1. The molecule has 0 aliphatic rings. The van der Waals surface area contributed by atoms with E-state index >= 15 is 0 Å². The van der Waals surface area contributed by atoms with Gasteiger partial charge < -0.3 is 0 Å². The quantitative estimate of drug-likeness (QED) is 0.758. The van der Waals surface area contributed by atoms with E-state index in [1.807, 2.05) is 4.68 Å². The molecule has 0 saturated carbocycles. The monoisotopic (exact) mass is 243 g/mol. The Hall–Kier alpha value is -1.97. The van der Waals surface area contributed by atoms with E-state index in [1.54, 1.807) is 0 Å². The molecule has 1 aromatic carbocycles. The molecule has 0 aliphatic carbocycles. The van der Waals surface area contributed by atoms with E-state index in [0.29, 0.717) is 12.2 Å². The number of aldehydes is 1. The lowest BCUT2D eigenvalue weighted by molar-refractivity contribution is 0.111. The predicted octanol–water partition coefficient (Wildman–Crippen LogP) is 2.40. The molecule has 18 heavy (non-hydrogen) atoms. The van der Waals surface area contributed by atoms with Crippen molar-refractivity contribution in [3.8, 4) is 0 Å². The molecule has 0 fully saturated rings. The average molecular weight is 243 g/mol. The number of rotatable bonds is 5. The number of aromatic nitrogens is 3. The molecule has 0 atom stereocenters. The Balaban J connectivity index is 2.25. The lowest BCUT2D eigenvalue weighted by Gasteiger charge is -2.06. The van der Waals surface area contributed by atoms with Crippen molar-refractivity contribution >= 4 is 6.29 Å². The maximum absolute atomic E-state index is 10.9. The largest absolute Gasteiger partial charge is 0.296 e. The molecule has 0 N–H and O–H groups in total. The molecule has 0 radical (unpaired) electrons. The van der Waals surface area contributed by atoms with E-state index in [0.717, 1.165) is 24.8 Å². The van der Waals surface area contributed by atoms with Crippen molar-refractivity contribution in [3.63, 3.8) is 0 Å². The number of hydrogen-bond acceptors (Lipinski definition) is 3. The van der Waals surface area contributed by atoms with E-state index < -0.39 is 0 Å². The Bertz CT molecular complexity index is 528. The summed E-state index contributed by atoms with van der Waals surface area (Å²) >= 11 is 0. The van der Waals surface area contributed by atoms with Gasteiger partial charge in [0.2, 0.25) is 0 Å². The maximum Gasteiger partial charge on any atom is 0.172 e. The topological polar surface area (TPSA) is 47.8 Å². The highest BCUT2D eigenvalue weighted by Gasteiger charge is 2.11. The molecule has 2 aromatic rings. The molecular formula is C14H17N3O. The summed E-state index contributed by atoms with van der Waals surface area (Å²) in [4.78, 5) is 10.9. The smallest absolute Gasteiger partial charge is 0.172 e. The van der Waals surface area contributed by atoms with Gasteiger partial charge in [0.1, 0.15) is 5.69 Å². The van der Waals surface area contributed by atoms with Gasteiger partial charge in [0.05, 0.1) is 12.2 Å². The number of carbonyl (C=O) groups excluding carboxylic acids is 1. The first kappa shape index (κ1) is 12.5. The van der Waals surface area contributed by atoms with Crippen LogP contribution in [0.25, 0.3) is 0 Å². The lowest BCUT2D eigenvalue weighted by atomic mass is 10.1. The van der Waals surface area contributed by atoms with Crippen LogP contribution in [-0.4, -0.2) is 21.3 Å². The first-order valence-corrected chi connectivity index (χ1v) is 6.17. The summed E-state index contributed by atoms with van der Waals surface area (Å²) in [5.41, 5.74) is 3.79. The van der Waals surface area contributed by atoms with Crippen LogP contribution in [0, 0.1) is 6.92 Å². The molecule has 0 bridgehead atoms. The van der Waals surface area contributed by atoms with E-state index in [1.165, 1.54) is 11.1 Å². The van der Waals surface area contributed by atoms with Crippen LogP contribution in [0.5, 0.6) is 0 Å². The van der Waals surface area contributed by atoms with Crippen molar-refractivity contribution in [1.82, 2.24) is 15.0 Å².